The van der Waals surface area contributed by atoms with Crippen LogP contribution in [0.25, 0.3) is 10.2 Å². The second kappa shape index (κ2) is 7.72. The molecule has 0 saturated carbocycles. The van der Waals surface area contributed by atoms with E-state index in [1.807, 2.05) is 47.4 Å². The Labute approximate surface area is 179 Å². The molecule has 2 unspecified atom stereocenters. The number of rotatable bonds is 4. The van der Waals surface area contributed by atoms with Crippen LogP contribution in [0, 0.1) is 5.92 Å². The van der Waals surface area contributed by atoms with Crippen molar-refractivity contribution >= 4 is 39.1 Å². The van der Waals surface area contributed by atoms with Crippen LogP contribution in [0.4, 0.5) is 5.69 Å². The molecule has 5 rings (SSSR count). The third kappa shape index (κ3) is 3.23. The van der Waals surface area contributed by atoms with Gasteiger partial charge < -0.3 is 14.5 Å². The average molecular weight is 422 g/mol. The molecular formula is C23H23N3O3S. The van der Waals surface area contributed by atoms with Crippen molar-refractivity contribution < 1.29 is 14.3 Å². The molecule has 2 atom stereocenters. The smallest absolute Gasteiger partial charge is 0.228 e. The van der Waals surface area contributed by atoms with Crippen LogP contribution in [-0.2, 0) is 9.59 Å². The molecule has 0 aliphatic carbocycles. The summed E-state index contributed by atoms with van der Waals surface area (Å²) in [5, 5.41) is 0.993. The Balaban J connectivity index is 1.37. The minimum atomic E-state index is -0.336. The van der Waals surface area contributed by atoms with Gasteiger partial charge in [-0.3, -0.25) is 9.59 Å². The molecule has 30 heavy (non-hydrogen) atoms. The summed E-state index contributed by atoms with van der Waals surface area (Å²) in [6.07, 6.45) is 2.12. The van der Waals surface area contributed by atoms with Crippen LogP contribution in [0.5, 0.6) is 5.75 Å². The predicted molar refractivity (Wildman–Crippen MR) is 117 cm³/mol. The number of likely N-dealkylation sites (tertiary alicyclic amines) is 1. The molecule has 0 N–H and O–H groups in total. The number of methoxy groups -OCH3 is 1. The lowest BCUT2D eigenvalue weighted by Gasteiger charge is -2.26. The molecule has 0 bridgehead atoms. The summed E-state index contributed by atoms with van der Waals surface area (Å²) in [5.74, 6) is 0.334. The van der Waals surface area contributed by atoms with E-state index < -0.39 is 0 Å². The quantitative estimate of drug-likeness (QED) is 0.638. The molecule has 6 nitrogen and oxygen atoms in total. The Kier molecular flexibility index (Phi) is 4.90. The highest BCUT2D eigenvalue weighted by atomic mass is 32.1. The zero-order valence-electron chi connectivity index (χ0n) is 16.8. The number of hydrogen-bond acceptors (Lipinski definition) is 5. The van der Waals surface area contributed by atoms with Crippen molar-refractivity contribution in [2.24, 2.45) is 5.92 Å². The van der Waals surface area contributed by atoms with Crippen LogP contribution in [-0.4, -0.2) is 41.9 Å². The minimum absolute atomic E-state index is 0.00492. The van der Waals surface area contributed by atoms with Gasteiger partial charge in [0.05, 0.1) is 35.0 Å². The topological polar surface area (TPSA) is 62.7 Å². The lowest BCUT2D eigenvalue weighted by Crippen LogP contribution is -2.37. The van der Waals surface area contributed by atoms with E-state index in [0.29, 0.717) is 12.3 Å². The summed E-state index contributed by atoms with van der Waals surface area (Å²) in [7, 11) is 1.59. The first-order valence-electron chi connectivity index (χ1n) is 10.2. The van der Waals surface area contributed by atoms with Gasteiger partial charge in [-0.15, -0.1) is 11.3 Å². The Morgan fingerprint density at radius 1 is 1.17 bits per heavy atom. The highest BCUT2D eigenvalue weighted by Crippen LogP contribution is 2.39. The number of aromatic nitrogens is 1. The first kappa shape index (κ1) is 19.1. The third-order valence-electron chi connectivity index (χ3n) is 5.98. The van der Waals surface area contributed by atoms with Gasteiger partial charge in [0.25, 0.3) is 0 Å². The van der Waals surface area contributed by atoms with Gasteiger partial charge in [-0.1, -0.05) is 24.3 Å². The number of anilines is 1. The van der Waals surface area contributed by atoms with Crippen molar-refractivity contribution in [1.82, 2.24) is 9.88 Å². The number of hydrogen-bond donors (Lipinski definition) is 0. The summed E-state index contributed by atoms with van der Waals surface area (Å²) >= 11 is 1.66. The molecule has 0 radical (unpaired) electrons. The first-order valence-corrected chi connectivity index (χ1v) is 11.1. The maximum absolute atomic E-state index is 13.4. The molecule has 7 heteroatoms. The fraction of sp³-hybridized carbons (Fsp3) is 0.348. The van der Waals surface area contributed by atoms with Gasteiger partial charge in [-0.25, -0.2) is 4.98 Å². The molecule has 2 aromatic carbocycles. The highest BCUT2D eigenvalue weighted by molar-refractivity contribution is 7.18. The number of para-hydroxylation sites is 3. The molecule has 2 fully saturated rings. The van der Waals surface area contributed by atoms with E-state index in [9.17, 15) is 9.59 Å². The second-order valence-electron chi connectivity index (χ2n) is 7.79. The van der Waals surface area contributed by atoms with Crippen molar-refractivity contribution in [2.45, 2.75) is 25.3 Å². The molecule has 1 aromatic heterocycles. The molecule has 3 heterocycles. The van der Waals surface area contributed by atoms with Gasteiger partial charge in [0.2, 0.25) is 11.8 Å². The largest absolute Gasteiger partial charge is 0.495 e. The second-order valence-corrected chi connectivity index (χ2v) is 8.85. The maximum Gasteiger partial charge on any atom is 0.228 e. The van der Waals surface area contributed by atoms with Crippen LogP contribution >= 0.6 is 11.3 Å². The van der Waals surface area contributed by atoms with Gasteiger partial charge >= 0.3 is 0 Å². The van der Waals surface area contributed by atoms with Crippen LogP contribution in [0.2, 0.25) is 0 Å². The number of ether oxygens (including phenoxy) is 1. The van der Waals surface area contributed by atoms with E-state index in [1.54, 1.807) is 23.3 Å². The van der Waals surface area contributed by atoms with Crippen LogP contribution in [0.3, 0.4) is 0 Å². The number of nitrogens with zero attached hydrogens (tertiary/aromatic N) is 3. The van der Waals surface area contributed by atoms with E-state index >= 15 is 0 Å². The molecule has 2 amide bonds. The van der Waals surface area contributed by atoms with Crippen molar-refractivity contribution in [1.29, 1.82) is 0 Å². The summed E-state index contributed by atoms with van der Waals surface area (Å²) in [6, 6.07) is 15.5. The van der Waals surface area contributed by atoms with Crippen molar-refractivity contribution in [3.63, 3.8) is 0 Å². The van der Waals surface area contributed by atoms with E-state index in [2.05, 4.69) is 6.07 Å². The third-order valence-corrected chi connectivity index (χ3v) is 7.12. The number of fused-ring (bicyclic) bond motifs is 1. The maximum atomic E-state index is 13.4. The van der Waals surface area contributed by atoms with Crippen molar-refractivity contribution in [3.05, 3.63) is 53.5 Å². The van der Waals surface area contributed by atoms with E-state index in [-0.39, 0.29) is 30.2 Å². The zero-order chi connectivity index (χ0) is 20.7. The molecule has 2 saturated heterocycles. The Hall–Kier alpha value is -2.93. The number of carbonyl (C=O) groups excluding carboxylic acids is 2. The summed E-state index contributed by atoms with van der Waals surface area (Å²) in [6.45, 7) is 1.11. The summed E-state index contributed by atoms with van der Waals surface area (Å²) < 4.78 is 6.55. The monoisotopic (exact) mass is 421 g/mol. The average Bonchev–Trinajstić information content (AvgIpc) is 3.50. The van der Waals surface area contributed by atoms with Crippen molar-refractivity contribution in [2.75, 3.05) is 25.1 Å². The Morgan fingerprint density at radius 2 is 1.97 bits per heavy atom. The fourth-order valence-corrected chi connectivity index (χ4v) is 5.63. The molecule has 2 aliphatic heterocycles. The number of thiazole rings is 1. The fourth-order valence-electron chi connectivity index (χ4n) is 4.51. The predicted octanol–water partition coefficient (Wildman–Crippen LogP) is 4.02. The highest BCUT2D eigenvalue weighted by Gasteiger charge is 2.41. The van der Waals surface area contributed by atoms with Gasteiger partial charge in [0.15, 0.2) is 0 Å². The number of benzene rings is 2. The van der Waals surface area contributed by atoms with E-state index in [4.69, 9.17) is 9.72 Å². The Bertz CT molecular complexity index is 1080. The van der Waals surface area contributed by atoms with E-state index in [1.165, 1.54) is 0 Å². The molecule has 3 aromatic rings. The summed E-state index contributed by atoms with van der Waals surface area (Å²) in [4.78, 5) is 34.6. The lowest BCUT2D eigenvalue weighted by molar-refractivity contribution is -0.136. The standard InChI is InChI=1S/C23H23N3O3S/c1-29-19-10-4-3-8-17(19)26-14-15(13-21(26)27)23(28)25-12-6-9-18(25)22-24-16-7-2-5-11-20(16)30-22/h2-5,7-8,10-11,15,18H,6,9,12-14H2,1H3. The Morgan fingerprint density at radius 3 is 2.80 bits per heavy atom. The minimum Gasteiger partial charge on any atom is -0.495 e. The molecule has 154 valence electrons. The van der Waals surface area contributed by atoms with Gasteiger partial charge in [0.1, 0.15) is 10.8 Å². The lowest BCUT2D eigenvalue weighted by atomic mass is 10.1. The number of carbonyl (C=O) groups is 2. The SMILES string of the molecule is COc1ccccc1N1CC(C(=O)N2CCCC2c2nc3ccccc3s2)CC1=O. The van der Waals surface area contributed by atoms with E-state index in [0.717, 1.165) is 40.3 Å². The molecule has 2 aliphatic rings. The van der Waals surface area contributed by atoms with Crippen LogP contribution < -0.4 is 9.64 Å². The summed E-state index contributed by atoms with van der Waals surface area (Å²) in [5.41, 5.74) is 1.71. The molecule has 0 spiro atoms. The van der Waals surface area contributed by atoms with Gasteiger partial charge in [0, 0.05) is 19.5 Å². The van der Waals surface area contributed by atoms with Gasteiger partial charge in [-0.05, 0) is 37.1 Å². The number of amides is 2. The van der Waals surface area contributed by atoms with Gasteiger partial charge in [-0.2, -0.15) is 0 Å². The van der Waals surface area contributed by atoms with Crippen LogP contribution in [0.1, 0.15) is 30.3 Å². The first-order chi connectivity index (χ1) is 14.7. The van der Waals surface area contributed by atoms with Crippen molar-refractivity contribution in [3.8, 4) is 5.75 Å². The normalized spacial score (nSPS) is 21.6. The zero-order valence-corrected chi connectivity index (χ0v) is 17.6. The van der Waals surface area contributed by atoms with Crippen LogP contribution in [0.15, 0.2) is 48.5 Å². The molecular weight excluding hydrogens is 398 g/mol.